The summed E-state index contributed by atoms with van der Waals surface area (Å²) in [6.07, 6.45) is 4.90. The molecular formula is C12H14ClN3. The Balaban J connectivity index is 2.35. The largest absolute Gasteiger partial charge is 0.398 e. The molecular weight excluding hydrogens is 222 g/mol. The van der Waals surface area contributed by atoms with Crippen molar-refractivity contribution in [3.05, 3.63) is 35.6 Å². The molecule has 0 radical (unpaired) electrons. The zero-order chi connectivity index (χ0) is 11.5. The number of hydrogen-bond acceptors (Lipinski definition) is 2. The summed E-state index contributed by atoms with van der Waals surface area (Å²) in [7, 11) is 0. The number of nitrogens with two attached hydrogens (primary N) is 1. The fourth-order valence-electron chi connectivity index (χ4n) is 1.65. The van der Waals surface area contributed by atoms with E-state index in [1.807, 2.05) is 29.2 Å². The van der Waals surface area contributed by atoms with Crippen LogP contribution < -0.4 is 5.73 Å². The lowest BCUT2D eigenvalue weighted by Crippen LogP contribution is -1.95. The highest BCUT2D eigenvalue weighted by Crippen LogP contribution is 2.27. The average Bonchev–Trinajstić information content (AvgIpc) is 2.67. The number of benzene rings is 1. The molecule has 4 heteroatoms. The van der Waals surface area contributed by atoms with Gasteiger partial charge in [-0.1, -0.05) is 24.6 Å². The van der Waals surface area contributed by atoms with Crippen molar-refractivity contribution < 1.29 is 0 Å². The molecule has 0 amide bonds. The van der Waals surface area contributed by atoms with Gasteiger partial charge in [-0.25, -0.2) is 0 Å². The van der Waals surface area contributed by atoms with Crippen LogP contribution in [0.4, 0.5) is 5.69 Å². The SMILES string of the molecule is CCCn1cc(-c2ccc(Cl)cc2N)cn1. The number of rotatable bonds is 3. The molecule has 0 aliphatic rings. The van der Waals surface area contributed by atoms with Gasteiger partial charge in [-0.3, -0.25) is 4.68 Å². The molecule has 0 atom stereocenters. The zero-order valence-electron chi connectivity index (χ0n) is 9.15. The minimum absolute atomic E-state index is 0.655. The molecule has 0 unspecified atom stereocenters. The van der Waals surface area contributed by atoms with Crippen LogP contribution in [0.15, 0.2) is 30.6 Å². The van der Waals surface area contributed by atoms with Crippen LogP contribution in [0, 0.1) is 0 Å². The summed E-state index contributed by atoms with van der Waals surface area (Å²) in [5.41, 5.74) is 8.61. The van der Waals surface area contributed by atoms with E-state index in [1.165, 1.54) is 0 Å². The van der Waals surface area contributed by atoms with Crippen LogP contribution in [0.5, 0.6) is 0 Å². The quantitative estimate of drug-likeness (QED) is 0.831. The third kappa shape index (κ3) is 2.19. The third-order valence-electron chi connectivity index (χ3n) is 2.41. The van der Waals surface area contributed by atoms with Crippen molar-refractivity contribution >= 4 is 17.3 Å². The minimum atomic E-state index is 0.655. The molecule has 0 aliphatic carbocycles. The van der Waals surface area contributed by atoms with Crippen molar-refractivity contribution in [1.29, 1.82) is 0 Å². The van der Waals surface area contributed by atoms with E-state index >= 15 is 0 Å². The average molecular weight is 236 g/mol. The van der Waals surface area contributed by atoms with E-state index in [1.54, 1.807) is 6.07 Å². The lowest BCUT2D eigenvalue weighted by molar-refractivity contribution is 0.603. The van der Waals surface area contributed by atoms with E-state index in [0.717, 1.165) is 24.1 Å². The molecule has 0 saturated carbocycles. The van der Waals surface area contributed by atoms with Crippen LogP contribution in [0.1, 0.15) is 13.3 Å². The number of nitrogen functional groups attached to an aromatic ring is 1. The maximum atomic E-state index is 5.92. The molecule has 0 spiro atoms. The molecule has 1 aromatic carbocycles. The Bertz CT molecular complexity index is 491. The van der Waals surface area contributed by atoms with Crippen molar-refractivity contribution in [1.82, 2.24) is 9.78 Å². The van der Waals surface area contributed by atoms with Crippen LogP contribution >= 0.6 is 11.6 Å². The Morgan fingerprint density at radius 1 is 1.44 bits per heavy atom. The second kappa shape index (κ2) is 4.58. The summed E-state index contributed by atoms with van der Waals surface area (Å²) in [6.45, 7) is 3.05. The van der Waals surface area contributed by atoms with Gasteiger partial charge in [0.05, 0.1) is 6.20 Å². The van der Waals surface area contributed by atoms with Crippen LogP contribution in [-0.4, -0.2) is 9.78 Å². The predicted octanol–water partition coefficient (Wildman–Crippen LogP) is 3.20. The molecule has 16 heavy (non-hydrogen) atoms. The van der Waals surface area contributed by atoms with Crippen molar-refractivity contribution in [2.24, 2.45) is 0 Å². The summed E-state index contributed by atoms with van der Waals surface area (Å²) >= 11 is 5.86. The van der Waals surface area contributed by atoms with Gasteiger partial charge in [0.25, 0.3) is 0 Å². The fraction of sp³-hybridized carbons (Fsp3) is 0.250. The molecule has 2 rings (SSSR count). The Kier molecular flexibility index (Phi) is 3.15. The number of anilines is 1. The predicted molar refractivity (Wildman–Crippen MR) is 67.4 cm³/mol. The van der Waals surface area contributed by atoms with Crippen molar-refractivity contribution in [2.45, 2.75) is 19.9 Å². The lowest BCUT2D eigenvalue weighted by Gasteiger charge is -2.02. The molecule has 84 valence electrons. The van der Waals surface area contributed by atoms with Gasteiger partial charge in [0.2, 0.25) is 0 Å². The lowest BCUT2D eigenvalue weighted by atomic mass is 10.1. The van der Waals surface area contributed by atoms with E-state index in [2.05, 4.69) is 12.0 Å². The van der Waals surface area contributed by atoms with Crippen molar-refractivity contribution in [2.75, 3.05) is 5.73 Å². The van der Waals surface area contributed by atoms with E-state index < -0.39 is 0 Å². The molecule has 1 aromatic heterocycles. The third-order valence-corrected chi connectivity index (χ3v) is 2.65. The van der Waals surface area contributed by atoms with E-state index in [4.69, 9.17) is 17.3 Å². The number of nitrogens with zero attached hydrogens (tertiary/aromatic N) is 2. The summed E-state index contributed by atoms with van der Waals surface area (Å²) in [4.78, 5) is 0. The maximum absolute atomic E-state index is 5.92. The maximum Gasteiger partial charge on any atom is 0.0569 e. The van der Waals surface area contributed by atoms with E-state index in [-0.39, 0.29) is 0 Å². The summed E-state index contributed by atoms with van der Waals surface area (Å²) < 4.78 is 1.92. The molecule has 1 heterocycles. The van der Waals surface area contributed by atoms with Crippen LogP contribution in [0.2, 0.25) is 5.02 Å². The first kappa shape index (κ1) is 11.0. The normalized spacial score (nSPS) is 10.6. The van der Waals surface area contributed by atoms with Gasteiger partial charge in [-0.15, -0.1) is 0 Å². The highest BCUT2D eigenvalue weighted by atomic mass is 35.5. The second-order valence-electron chi connectivity index (χ2n) is 3.72. The smallest absolute Gasteiger partial charge is 0.0569 e. The first-order valence-corrected chi connectivity index (χ1v) is 5.66. The second-order valence-corrected chi connectivity index (χ2v) is 4.16. The summed E-state index contributed by atoms with van der Waals surface area (Å²) in [6, 6.07) is 5.52. The van der Waals surface area contributed by atoms with Gasteiger partial charge in [-0.05, 0) is 18.6 Å². The highest BCUT2D eigenvalue weighted by molar-refractivity contribution is 6.31. The fourth-order valence-corrected chi connectivity index (χ4v) is 1.83. The Labute approximate surface area is 99.8 Å². The molecule has 3 nitrogen and oxygen atoms in total. The van der Waals surface area contributed by atoms with Crippen LogP contribution in [0.25, 0.3) is 11.1 Å². The van der Waals surface area contributed by atoms with E-state index in [9.17, 15) is 0 Å². The first-order chi connectivity index (χ1) is 7.70. The first-order valence-electron chi connectivity index (χ1n) is 5.28. The number of halogens is 1. The van der Waals surface area contributed by atoms with Gasteiger partial charge in [-0.2, -0.15) is 5.10 Å². The monoisotopic (exact) mass is 235 g/mol. The van der Waals surface area contributed by atoms with Gasteiger partial charge in [0.15, 0.2) is 0 Å². The van der Waals surface area contributed by atoms with Gasteiger partial charge in [0.1, 0.15) is 0 Å². The summed E-state index contributed by atoms with van der Waals surface area (Å²) in [5, 5.41) is 4.93. The number of aryl methyl sites for hydroxylation is 1. The van der Waals surface area contributed by atoms with Gasteiger partial charge in [0, 0.05) is 34.6 Å². The molecule has 0 fully saturated rings. The van der Waals surface area contributed by atoms with Crippen LogP contribution in [0.3, 0.4) is 0 Å². The molecule has 0 bridgehead atoms. The minimum Gasteiger partial charge on any atom is -0.398 e. The molecule has 2 aromatic rings. The Morgan fingerprint density at radius 2 is 2.25 bits per heavy atom. The zero-order valence-corrected chi connectivity index (χ0v) is 9.91. The molecule has 2 N–H and O–H groups in total. The van der Waals surface area contributed by atoms with Gasteiger partial charge >= 0.3 is 0 Å². The van der Waals surface area contributed by atoms with Crippen molar-refractivity contribution in [3.63, 3.8) is 0 Å². The molecule has 0 aliphatic heterocycles. The molecule has 0 saturated heterocycles. The van der Waals surface area contributed by atoms with Crippen LogP contribution in [-0.2, 0) is 6.54 Å². The standard InChI is InChI=1S/C12H14ClN3/c1-2-5-16-8-9(7-15-16)11-4-3-10(13)6-12(11)14/h3-4,6-8H,2,5,14H2,1H3. The Morgan fingerprint density at radius 3 is 2.94 bits per heavy atom. The Hall–Kier alpha value is -1.48. The summed E-state index contributed by atoms with van der Waals surface area (Å²) in [5.74, 6) is 0. The highest BCUT2D eigenvalue weighted by Gasteiger charge is 2.05. The van der Waals surface area contributed by atoms with E-state index in [0.29, 0.717) is 10.7 Å². The number of hydrogen-bond donors (Lipinski definition) is 1. The topological polar surface area (TPSA) is 43.8 Å². The van der Waals surface area contributed by atoms with Gasteiger partial charge < -0.3 is 5.73 Å². The van der Waals surface area contributed by atoms with Crippen molar-refractivity contribution in [3.8, 4) is 11.1 Å². The number of aromatic nitrogens is 2.